The van der Waals surface area contributed by atoms with Gasteiger partial charge in [0.1, 0.15) is 5.82 Å². The molecular formula is C22H29FN2O4. The summed E-state index contributed by atoms with van der Waals surface area (Å²) in [5.41, 5.74) is -0.493. The van der Waals surface area contributed by atoms with E-state index in [2.05, 4.69) is 0 Å². The second-order valence-electron chi connectivity index (χ2n) is 7.92. The minimum Gasteiger partial charge on any atom is -0.466 e. The molecule has 0 unspecified atom stereocenters. The molecule has 2 heterocycles. The quantitative estimate of drug-likeness (QED) is 0.655. The molecular weight excluding hydrogens is 375 g/mol. The second kappa shape index (κ2) is 9.37. The molecule has 2 aliphatic rings. The summed E-state index contributed by atoms with van der Waals surface area (Å²) in [4.78, 5) is 40.9. The number of halogens is 1. The molecule has 0 saturated carbocycles. The first-order valence-electron chi connectivity index (χ1n) is 10.4. The van der Waals surface area contributed by atoms with E-state index in [9.17, 15) is 18.8 Å². The zero-order chi connectivity index (χ0) is 20.9. The Hall–Kier alpha value is -2.44. The first-order chi connectivity index (χ1) is 13.9. The highest BCUT2D eigenvalue weighted by atomic mass is 19.1. The average Bonchev–Trinajstić information content (AvgIpc) is 3.13. The Kier molecular flexibility index (Phi) is 6.87. The van der Waals surface area contributed by atoms with Gasteiger partial charge in [0.05, 0.1) is 12.0 Å². The van der Waals surface area contributed by atoms with Gasteiger partial charge in [-0.25, -0.2) is 4.39 Å². The van der Waals surface area contributed by atoms with Crippen molar-refractivity contribution in [2.45, 2.75) is 45.4 Å². The molecule has 7 heteroatoms. The highest BCUT2D eigenvalue weighted by Crippen LogP contribution is 2.36. The number of benzene rings is 1. The van der Waals surface area contributed by atoms with Gasteiger partial charge in [-0.1, -0.05) is 18.2 Å². The zero-order valence-corrected chi connectivity index (χ0v) is 17.0. The van der Waals surface area contributed by atoms with Crippen molar-refractivity contribution in [1.82, 2.24) is 9.80 Å². The van der Waals surface area contributed by atoms with Crippen LogP contribution in [0.5, 0.6) is 0 Å². The van der Waals surface area contributed by atoms with Gasteiger partial charge in [-0.15, -0.1) is 0 Å². The van der Waals surface area contributed by atoms with Gasteiger partial charge < -0.3 is 14.5 Å². The number of carbonyl (C=O) groups is 3. The third kappa shape index (κ3) is 4.95. The first kappa shape index (κ1) is 21.3. The first-order valence-corrected chi connectivity index (χ1v) is 10.4. The fraction of sp³-hybridized carbons (Fsp3) is 0.591. The number of piperidine rings is 1. The molecule has 2 saturated heterocycles. The molecule has 2 fully saturated rings. The van der Waals surface area contributed by atoms with Crippen molar-refractivity contribution in [3.8, 4) is 0 Å². The summed E-state index contributed by atoms with van der Waals surface area (Å²) < 4.78 is 19.6. The minimum absolute atomic E-state index is 0.0772. The monoisotopic (exact) mass is 404 g/mol. The van der Waals surface area contributed by atoms with Crippen LogP contribution in [-0.2, 0) is 25.5 Å². The van der Waals surface area contributed by atoms with E-state index in [-0.39, 0.29) is 49.6 Å². The normalized spacial score (nSPS) is 22.1. The molecule has 1 aromatic carbocycles. The van der Waals surface area contributed by atoms with Gasteiger partial charge >= 0.3 is 5.97 Å². The third-order valence-corrected chi connectivity index (χ3v) is 5.89. The van der Waals surface area contributed by atoms with Crippen molar-refractivity contribution >= 4 is 17.8 Å². The fourth-order valence-electron chi connectivity index (χ4n) is 4.35. The zero-order valence-electron chi connectivity index (χ0n) is 17.0. The van der Waals surface area contributed by atoms with Crippen molar-refractivity contribution in [3.63, 3.8) is 0 Å². The number of likely N-dealkylation sites (tertiary alicyclic amines) is 2. The van der Waals surface area contributed by atoms with E-state index in [0.717, 1.165) is 6.42 Å². The van der Waals surface area contributed by atoms with Crippen LogP contribution in [0.1, 0.15) is 44.6 Å². The van der Waals surface area contributed by atoms with Crippen LogP contribution in [0.25, 0.3) is 0 Å². The van der Waals surface area contributed by atoms with Crippen LogP contribution in [0, 0.1) is 11.2 Å². The summed E-state index contributed by atoms with van der Waals surface area (Å²) in [5, 5.41) is 0. The maximum absolute atomic E-state index is 14.3. The van der Waals surface area contributed by atoms with E-state index in [1.54, 1.807) is 34.9 Å². The largest absolute Gasteiger partial charge is 0.466 e. The molecule has 0 bridgehead atoms. The van der Waals surface area contributed by atoms with Gasteiger partial charge in [-0.3, -0.25) is 14.4 Å². The van der Waals surface area contributed by atoms with Crippen molar-refractivity contribution in [2.24, 2.45) is 5.41 Å². The van der Waals surface area contributed by atoms with Crippen molar-refractivity contribution in [3.05, 3.63) is 35.6 Å². The number of hydrogen-bond acceptors (Lipinski definition) is 4. The van der Waals surface area contributed by atoms with Crippen molar-refractivity contribution < 1.29 is 23.5 Å². The van der Waals surface area contributed by atoms with E-state index in [1.165, 1.54) is 6.07 Å². The Labute approximate surface area is 171 Å². The topological polar surface area (TPSA) is 66.9 Å². The lowest BCUT2D eigenvalue weighted by Gasteiger charge is -2.41. The molecule has 1 aromatic rings. The number of ether oxygens (including phenoxy) is 1. The Morgan fingerprint density at radius 2 is 2.00 bits per heavy atom. The molecule has 6 nitrogen and oxygen atoms in total. The Morgan fingerprint density at radius 3 is 2.69 bits per heavy atom. The van der Waals surface area contributed by atoms with Crippen molar-refractivity contribution in [2.75, 3.05) is 32.8 Å². The molecule has 0 N–H and O–H groups in total. The summed E-state index contributed by atoms with van der Waals surface area (Å²) in [6.07, 6.45) is 3.03. The number of hydrogen-bond donors (Lipinski definition) is 0. The Balaban J connectivity index is 1.72. The van der Waals surface area contributed by atoms with E-state index < -0.39 is 5.41 Å². The maximum Gasteiger partial charge on any atom is 0.314 e. The van der Waals surface area contributed by atoms with Crippen LogP contribution < -0.4 is 0 Å². The molecule has 0 aliphatic carbocycles. The molecule has 2 amide bonds. The molecule has 0 spiro atoms. The summed E-state index contributed by atoms with van der Waals surface area (Å²) in [6.45, 7) is 3.87. The molecule has 29 heavy (non-hydrogen) atoms. The molecule has 1 atom stereocenters. The van der Waals surface area contributed by atoms with Gasteiger partial charge in [-0.2, -0.15) is 0 Å². The lowest BCUT2D eigenvalue weighted by Crippen LogP contribution is -2.52. The molecule has 0 aromatic heterocycles. The maximum atomic E-state index is 14.3. The van der Waals surface area contributed by atoms with Crippen LogP contribution in [0.15, 0.2) is 24.3 Å². The number of rotatable bonds is 7. The summed E-state index contributed by atoms with van der Waals surface area (Å²) in [6, 6.07) is 6.42. The van der Waals surface area contributed by atoms with Gasteiger partial charge in [0.25, 0.3) is 0 Å². The van der Waals surface area contributed by atoms with Crippen LogP contribution in [-0.4, -0.2) is 60.4 Å². The van der Waals surface area contributed by atoms with E-state index in [4.69, 9.17) is 4.74 Å². The molecule has 158 valence electrons. The van der Waals surface area contributed by atoms with Crippen molar-refractivity contribution in [1.29, 1.82) is 0 Å². The van der Waals surface area contributed by atoms with Gasteiger partial charge in [-0.05, 0) is 44.2 Å². The number of carbonyl (C=O) groups excluding carboxylic acids is 3. The Bertz CT molecular complexity index is 769. The van der Waals surface area contributed by atoms with Gasteiger partial charge in [0.2, 0.25) is 11.8 Å². The number of nitrogens with zero attached hydrogens (tertiary/aromatic N) is 2. The van der Waals surface area contributed by atoms with E-state index in [1.807, 2.05) is 0 Å². The molecule has 2 aliphatic heterocycles. The second-order valence-corrected chi connectivity index (χ2v) is 7.92. The van der Waals surface area contributed by atoms with Gasteiger partial charge in [0, 0.05) is 39.0 Å². The lowest BCUT2D eigenvalue weighted by atomic mass is 9.75. The van der Waals surface area contributed by atoms with Crippen LogP contribution >= 0.6 is 0 Å². The molecule has 3 rings (SSSR count). The number of amides is 2. The van der Waals surface area contributed by atoms with Gasteiger partial charge in [0.15, 0.2) is 0 Å². The Morgan fingerprint density at radius 1 is 1.21 bits per heavy atom. The number of esters is 1. The highest BCUT2D eigenvalue weighted by molar-refractivity contribution is 5.82. The van der Waals surface area contributed by atoms with Crippen LogP contribution in [0.4, 0.5) is 4.39 Å². The standard InChI is InChI=1S/C22H29FN2O4/c1-2-29-21(28)22(15-17-7-3-4-8-18(17)23)11-6-13-25(16-22)20(27)10-14-24-12-5-9-19(24)26/h3-4,7-8H,2,5-6,9-16H2,1H3/t22-/m0/s1. The summed E-state index contributed by atoms with van der Waals surface area (Å²) >= 11 is 0. The van der Waals surface area contributed by atoms with Crippen LogP contribution in [0.2, 0.25) is 0 Å². The summed E-state index contributed by atoms with van der Waals surface area (Å²) in [7, 11) is 0. The molecule has 0 radical (unpaired) electrons. The fourth-order valence-corrected chi connectivity index (χ4v) is 4.35. The predicted octanol–water partition coefficient (Wildman–Crippen LogP) is 2.55. The van der Waals surface area contributed by atoms with Crippen LogP contribution in [0.3, 0.4) is 0 Å². The average molecular weight is 404 g/mol. The smallest absolute Gasteiger partial charge is 0.314 e. The highest BCUT2D eigenvalue weighted by Gasteiger charge is 2.45. The SMILES string of the molecule is CCOC(=O)[C@]1(Cc2ccccc2F)CCCN(C(=O)CCN2CCCC2=O)C1. The third-order valence-electron chi connectivity index (χ3n) is 5.89. The van der Waals surface area contributed by atoms with E-state index >= 15 is 0 Å². The predicted molar refractivity (Wildman–Crippen MR) is 105 cm³/mol. The minimum atomic E-state index is -0.949. The summed E-state index contributed by atoms with van der Waals surface area (Å²) in [5.74, 6) is -0.717. The van der Waals surface area contributed by atoms with E-state index in [0.29, 0.717) is 44.5 Å². The lowest BCUT2D eigenvalue weighted by molar-refractivity contribution is -0.160.